The summed E-state index contributed by atoms with van der Waals surface area (Å²) in [5, 5.41) is 0. The molecule has 0 aromatic carbocycles. The number of carbonyl (C=O) groups is 1. The lowest BCUT2D eigenvalue weighted by Crippen LogP contribution is -2.39. The molecule has 1 saturated heterocycles. The normalized spacial score (nSPS) is 19.7. The Bertz CT molecular complexity index is 408. The molecule has 2 rings (SSSR count). The summed E-state index contributed by atoms with van der Waals surface area (Å²) in [5.41, 5.74) is 0.224. The standard InChI is InChI=1S/C12H17N3O3/c1-17-9-4-3-5-15(8-9)11-7-13-10(6-14-11)12(16)18-2/h6-7,9H,3-5,8H2,1-2H3. The van der Waals surface area contributed by atoms with Crippen molar-refractivity contribution in [3.63, 3.8) is 0 Å². The molecule has 1 unspecified atom stereocenters. The van der Waals surface area contributed by atoms with Gasteiger partial charge in [0, 0.05) is 20.2 Å². The molecule has 1 atom stereocenters. The Labute approximate surface area is 106 Å². The number of nitrogens with zero attached hydrogens (tertiary/aromatic N) is 3. The van der Waals surface area contributed by atoms with E-state index in [1.165, 1.54) is 13.3 Å². The molecule has 6 heteroatoms. The van der Waals surface area contributed by atoms with E-state index in [4.69, 9.17) is 4.74 Å². The molecule has 0 N–H and O–H groups in total. The second-order valence-electron chi connectivity index (χ2n) is 4.20. The van der Waals surface area contributed by atoms with Gasteiger partial charge in [0.25, 0.3) is 0 Å². The van der Waals surface area contributed by atoms with E-state index in [0.717, 1.165) is 31.7 Å². The van der Waals surface area contributed by atoms with Crippen LogP contribution in [0.4, 0.5) is 5.82 Å². The number of carbonyl (C=O) groups excluding carboxylic acids is 1. The highest BCUT2D eigenvalue weighted by atomic mass is 16.5. The Morgan fingerprint density at radius 1 is 1.39 bits per heavy atom. The second kappa shape index (κ2) is 5.77. The van der Waals surface area contributed by atoms with Gasteiger partial charge in [-0.2, -0.15) is 0 Å². The van der Waals surface area contributed by atoms with Crippen molar-refractivity contribution in [3.05, 3.63) is 18.1 Å². The molecule has 0 amide bonds. The van der Waals surface area contributed by atoms with Gasteiger partial charge >= 0.3 is 5.97 Å². The van der Waals surface area contributed by atoms with Gasteiger partial charge < -0.3 is 14.4 Å². The highest BCUT2D eigenvalue weighted by Crippen LogP contribution is 2.18. The maximum Gasteiger partial charge on any atom is 0.358 e. The van der Waals surface area contributed by atoms with Crippen molar-refractivity contribution < 1.29 is 14.3 Å². The molecule has 1 fully saturated rings. The van der Waals surface area contributed by atoms with Gasteiger partial charge in [-0.25, -0.2) is 14.8 Å². The van der Waals surface area contributed by atoms with E-state index in [2.05, 4.69) is 19.6 Å². The lowest BCUT2D eigenvalue weighted by Gasteiger charge is -2.32. The topological polar surface area (TPSA) is 64.5 Å². The largest absolute Gasteiger partial charge is 0.464 e. The molecule has 1 aromatic heterocycles. The smallest absolute Gasteiger partial charge is 0.358 e. The SMILES string of the molecule is COC(=O)c1cnc(N2CCCC(OC)C2)cn1. The minimum Gasteiger partial charge on any atom is -0.464 e. The zero-order valence-electron chi connectivity index (χ0n) is 10.6. The van der Waals surface area contributed by atoms with Crippen LogP contribution in [0.2, 0.25) is 0 Å². The molecule has 1 aliphatic heterocycles. The van der Waals surface area contributed by atoms with E-state index in [-0.39, 0.29) is 11.8 Å². The number of hydrogen-bond acceptors (Lipinski definition) is 6. The average molecular weight is 251 g/mol. The first-order valence-electron chi connectivity index (χ1n) is 5.92. The lowest BCUT2D eigenvalue weighted by molar-refractivity contribution is 0.0593. The molecule has 0 bridgehead atoms. The third-order valence-electron chi connectivity index (χ3n) is 3.07. The van der Waals surface area contributed by atoms with Crippen molar-refractivity contribution in [2.24, 2.45) is 0 Å². The van der Waals surface area contributed by atoms with Crippen molar-refractivity contribution in [1.82, 2.24) is 9.97 Å². The lowest BCUT2D eigenvalue weighted by atomic mass is 10.1. The van der Waals surface area contributed by atoms with Gasteiger partial charge in [-0.05, 0) is 12.8 Å². The molecule has 1 aliphatic rings. The maximum absolute atomic E-state index is 11.2. The van der Waals surface area contributed by atoms with Crippen LogP contribution >= 0.6 is 0 Å². The third kappa shape index (κ3) is 2.76. The Morgan fingerprint density at radius 2 is 2.22 bits per heavy atom. The van der Waals surface area contributed by atoms with Gasteiger partial charge in [-0.15, -0.1) is 0 Å². The number of esters is 1. The first-order chi connectivity index (χ1) is 8.74. The first-order valence-corrected chi connectivity index (χ1v) is 5.92. The monoisotopic (exact) mass is 251 g/mol. The number of piperidine rings is 1. The van der Waals surface area contributed by atoms with Crippen LogP contribution in [-0.2, 0) is 9.47 Å². The summed E-state index contributed by atoms with van der Waals surface area (Å²) in [7, 11) is 3.05. The van der Waals surface area contributed by atoms with Crippen LogP contribution < -0.4 is 4.90 Å². The summed E-state index contributed by atoms with van der Waals surface area (Å²) >= 11 is 0. The Hall–Kier alpha value is -1.69. The number of aromatic nitrogens is 2. The minimum absolute atomic E-state index is 0.224. The fourth-order valence-corrected chi connectivity index (χ4v) is 2.03. The van der Waals surface area contributed by atoms with E-state index in [9.17, 15) is 4.79 Å². The van der Waals surface area contributed by atoms with Gasteiger partial charge in [0.2, 0.25) is 0 Å². The number of rotatable bonds is 3. The number of hydrogen-bond donors (Lipinski definition) is 0. The molecular weight excluding hydrogens is 234 g/mol. The zero-order valence-corrected chi connectivity index (χ0v) is 10.6. The quantitative estimate of drug-likeness (QED) is 0.743. The fraction of sp³-hybridized carbons (Fsp3) is 0.583. The van der Waals surface area contributed by atoms with Gasteiger partial charge in [-0.1, -0.05) is 0 Å². The van der Waals surface area contributed by atoms with Crippen LogP contribution in [0.25, 0.3) is 0 Å². The summed E-state index contributed by atoms with van der Waals surface area (Å²) in [6.45, 7) is 1.74. The molecule has 2 heterocycles. The second-order valence-corrected chi connectivity index (χ2v) is 4.20. The highest BCUT2D eigenvalue weighted by Gasteiger charge is 2.21. The summed E-state index contributed by atoms with van der Waals surface area (Å²) in [6.07, 6.45) is 5.42. The van der Waals surface area contributed by atoms with E-state index in [0.29, 0.717) is 0 Å². The Balaban J connectivity index is 2.07. The predicted octanol–water partition coefficient (Wildman–Crippen LogP) is 0.878. The summed E-state index contributed by atoms with van der Waals surface area (Å²) in [5.74, 6) is 0.298. The third-order valence-corrected chi connectivity index (χ3v) is 3.07. The zero-order chi connectivity index (χ0) is 13.0. The summed E-state index contributed by atoms with van der Waals surface area (Å²) in [4.78, 5) is 21.7. The summed E-state index contributed by atoms with van der Waals surface area (Å²) in [6, 6.07) is 0. The average Bonchev–Trinajstić information content (AvgIpc) is 2.46. The fourth-order valence-electron chi connectivity index (χ4n) is 2.03. The summed E-state index contributed by atoms with van der Waals surface area (Å²) < 4.78 is 9.94. The highest BCUT2D eigenvalue weighted by molar-refractivity contribution is 5.86. The van der Waals surface area contributed by atoms with E-state index in [1.807, 2.05) is 0 Å². The van der Waals surface area contributed by atoms with E-state index < -0.39 is 5.97 Å². The first kappa shape index (κ1) is 12.8. The van der Waals surface area contributed by atoms with Crippen molar-refractivity contribution in [3.8, 4) is 0 Å². The van der Waals surface area contributed by atoms with Crippen LogP contribution in [0.15, 0.2) is 12.4 Å². The van der Waals surface area contributed by atoms with Crippen LogP contribution in [0.5, 0.6) is 0 Å². The van der Waals surface area contributed by atoms with E-state index >= 15 is 0 Å². The van der Waals surface area contributed by atoms with Crippen molar-refractivity contribution in [1.29, 1.82) is 0 Å². The van der Waals surface area contributed by atoms with Crippen molar-refractivity contribution in [2.75, 3.05) is 32.2 Å². The Morgan fingerprint density at radius 3 is 2.83 bits per heavy atom. The van der Waals surface area contributed by atoms with Crippen molar-refractivity contribution >= 4 is 11.8 Å². The molecule has 6 nitrogen and oxygen atoms in total. The van der Waals surface area contributed by atoms with Crippen molar-refractivity contribution in [2.45, 2.75) is 18.9 Å². The Kier molecular flexibility index (Phi) is 4.09. The predicted molar refractivity (Wildman–Crippen MR) is 65.6 cm³/mol. The molecule has 18 heavy (non-hydrogen) atoms. The number of anilines is 1. The van der Waals surface area contributed by atoms with Gasteiger partial charge in [-0.3, -0.25) is 0 Å². The number of methoxy groups -OCH3 is 2. The van der Waals surface area contributed by atoms with Gasteiger partial charge in [0.1, 0.15) is 5.82 Å². The van der Waals surface area contributed by atoms with Crippen LogP contribution in [0.1, 0.15) is 23.3 Å². The van der Waals surface area contributed by atoms with Crippen LogP contribution in [-0.4, -0.2) is 49.4 Å². The molecule has 0 radical (unpaired) electrons. The van der Waals surface area contributed by atoms with Gasteiger partial charge in [0.15, 0.2) is 5.69 Å². The van der Waals surface area contributed by atoms with Crippen LogP contribution in [0.3, 0.4) is 0 Å². The molecule has 1 aromatic rings. The molecule has 0 spiro atoms. The molecule has 98 valence electrons. The molecule has 0 saturated carbocycles. The molecule has 0 aliphatic carbocycles. The van der Waals surface area contributed by atoms with Gasteiger partial charge in [0.05, 0.1) is 25.6 Å². The minimum atomic E-state index is -0.470. The van der Waals surface area contributed by atoms with Crippen LogP contribution in [0, 0.1) is 0 Å². The molecular formula is C12H17N3O3. The van der Waals surface area contributed by atoms with E-state index in [1.54, 1.807) is 13.3 Å². The maximum atomic E-state index is 11.2. The number of ether oxygens (including phenoxy) is 2.